The van der Waals surface area contributed by atoms with Crippen LogP contribution in [-0.2, 0) is 4.79 Å². The van der Waals surface area contributed by atoms with Gasteiger partial charge in [0.15, 0.2) is 0 Å². The minimum absolute atomic E-state index is 0.0121. The van der Waals surface area contributed by atoms with E-state index in [1.54, 1.807) is 0 Å². The third-order valence-electron chi connectivity index (χ3n) is 3.72. The molecule has 2 saturated heterocycles. The van der Waals surface area contributed by atoms with Gasteiger partial charge in [0.25, 0.3) is 0 Å². The van der Waals surface area contributed by atoms with E-state index in [9.17, 15) is 9.90 Å². The number of nitrogens with two attached hydrogens (primary N) is 1. The van der Waals surface area contributed by atoms with Gasteiger partial charge in [0, 0.05) is 19.0 Å². The summed E-state index contributed by atoms with van der Waals surface area (Å²) in [6.45, 7) is 2.67. The topological polar surface area (TPSA) is 78.6 Å². The second-order valence-corrected chi connectivity index (χ2v) is 4.86. The van der Waals surface area contributed by atoms with Gasteiger partial charge in [-0.2, -0.15) is 0 Å². The molecule has 0 aliphatic carbocycles. The molecule has 2 aliphatic heterocycles. The summed E-state index contributed by atoms with van der Waals surface area (Å²) in [5.74, 6) is -0.165. The van der Waals surface area contributed by atoms with Crippen LogP contribution in [0.25, 0.3) is 0 Å². The number of carbonyl (C=O) groups excluding carboxylic acids is 1. The molecule has 2 fully saturated rings. The molecule has 0 aromatic carbocycles. The molecule has 1 amide bonds. The number of hydrogen-bond acceptors (Lipinski definition) is 4. The number of primary amides is 1. The number of hydrogen-bond donors (Lipinski definition) is 3. The van der Waals surface area contributed by atoms with E-state index in [1.807, 2.05) is 0 Å². The van der Waals surface area contributed by atoms with Crippen molar-refractivity contribution in [3.63, 3.8) is 0 Å². The van der Waals surface area contributed by atoms with Gasteiger partial charge in [-0.3, -0.25) is 9.69 Å². The van der Waals surface area contributed by atoms with Crippen LogP contribution in [0, 0.1) is 5.92 Å². The van der Waals surface area contributed by atoms with E-state index in [0.717, 1.165) is 45.3 Å². The van der Waals surface area contributed by atoms with E-state index in [0.29, 0.717) is 0 Å². The third-order valence-corrected chi connectivity index (χ3v) is 3.72. The maximum atomic E-state index is 11.2. The standard InChI is InChI=1S/C11H21N3O2/c12-11(16)8-1-4-13-10(7-8)14-5-2-9(15)3-6-14/h8-10,13,15H,1-7H2,(H2,12,16). The van der Waals surface area contributed by atoms with Gasteiger partial charge in [0.1, 0.15) is 0 Å². The summed E-state index contributed by atoms with van der Waals surface area (Å²) in [6, 6.07) is 0. The fourth-order valence-electron chi connectivity index (χ4n) is 2.63. The van der Waals surface area contributed by atoms with Crippen LogP contribution in [0.5, 0.6) is 0 Å². The van der Waals surface area contributed by atoms with E-state index in [2.05, 4.69) is 10.2 Å². The van der Waals surface area contributed by atoms with Gasteiger partial charge in [0.2, 0.25) is 5.91 Å². The lowest BCUT2D eigenvalue weighted by molar-refractivity contribution is -0.123. The summed E-state index contributed by atoms with van der Waals surface area (Å²) in [5, 5.41) is 12.9. The van der Waals surface area contributed by atoms with Crippen LogP contribution in [0.15, 0.2) is 0 Å². The molecule has 2 heterocycles. The first kappa shape index (κ1) is 11.8. The molecule has 2 atom stereocenters. The van der Waals surface area contributed by atoms with Gasteiger partial charge in [-0.1, -0.05) is 0 Å². The molecule has 4 N–H and O–H groups in total. The van der Waals surface area contributed by atoms with Gasteiger partial charge in [0.05, 0.1) is 12.3 Å². The lowest BCUT2D eigenvalue weighted by atomic mass is 9.93. The van der Waals surface area contributed by atoms with E-state index in [4.69, 9.17) is 5.73 Å². The maximum Gasteiger partial charge on any atom is 0.220 e. The Morgan fingerprint density at radius 2 is 2.00 bits per heavy atom. The second kappa shape index (κ2) is 5.12. The zero-order chi connectivity index (χ0) is 11.5. The van der Waals surface area contributed by atoms with Gasteiger partial charge < -0.3 is 16.2 Å². The van der Waals surface area contributed by atoms with Crippen LogP contribution in [-0.4, -0.2) is 47.8 Å². The van der Waals surface area contributed by atoms with Crippen molar-refractivity contribution >= 4 is 5.91 Å². The molecule has 2 unspecified atom stereocenters. The molecule has 0 bridgehead atoms. The molecular weight excluding hydrogens is 206 g/mol. The first-order valence-electron chi connectivity index (χ1n) is 6.11. The van der Waals surface area contributed by atoms with Crippen LogP contribution in [0.4, 0.5) is 0 Å². The summed E-state index contributed by atoms with van der Waals surface area (Å²) in [5.41, 5.74) is 5.36. The summed E-state index contributed by atoms with van der Waals surface area (Å²) >= 11 is 0. The number of aliphatic hydroxyl groups excluding tert-OH is 1. The Hall–Kier alpha value is -0.650. The van der Waals surface area contributed by atoms with Gasteiger partial charge in [-0.05, 0) is 32.2 Å². The third kappa shape index (κ3) is 2.72. The smallest absolute Gasteiger partial charge is 0.220 e. The summed E-state index contributed by atoms with van der Waals surface area (Å²) in [6.07, 6.45) is 3.44. The molecular formula is C11H21N3O2. The number of nitrogens with one attached hydrogen (secondary N) is 1. The zero-order valence-corrected chi connectivity index (χ0v) is 9.56. The Labute approximate surface area is 96.0 Å². The van der Waals surface area contributed by atoms with Crippen molar-refractivity contribution < 1.29 is 9.90 Å². The number of carbonyl (C=O) groups is 1. The first-order chi connectivity index (χ1) is 7.66. The quantitative estimate of drug-likeness (QED) is 0.580. The minimum atomic E-state index is -0.177. The average molecular weight is 227 g/mol. The number of amides is 1. The highest BCUT2D eigenvalue weighted by atomic mass is 16.3. The number of aliphatic hydroxyl groups is 1. The van der Waals surface area contributed by atoms with Crippen molar-refractivity contribution in [3.8, 4) is 0 Å². The molecule has 0 radical (unpaired) electrons. The van der Waals surface area contributed by atoms with Crippen molar-refractivity contribution in [2.24, 2.45) is 11.7 Å². The lowest BCUT2D eigenvalue weighted by Crippen LogP contribution is -2.54. The Morgan fingerprint density at radius 1 is 1.31 bits per heavy atom. The number of nitrogens with zero attached hydrogens (tertiary/aromatic N) is 1. The van der Waals surface area contributed by atoms with Gasteiger partial charge in [-0.25, -0.2) is 0 Å². The molecule has 0 saturated carbocycles. The van der Waals surface area contributed by atoms with Crippen molar-refractivity contribution in [3.05, 3.63) is 0 Å². The summed E-state index contributed by atoms with van der Waals surface area (Å²) in [4.78, 5) is 13.5. The Kier molecular flexibility index (Phi) is 3.78. The van der Waals surface area contributed by atoms with Crippen LogP contribution in [0.2, 0.25) is 0 Å². The van der Waals surface area contributed by atoms with Crippen LogP contribution < -0.4 is 11.1 Å². The molecule has 5 nitrogen and oxygen atoms in total. The fourth-order valence-corrected chi connectivity index (χ4v) is 2.63. The SMILES string of the molecule is NC(=O)C1CCNC(N2CCC(O)CC2)C1. The van der Waals surface area contributed by atoms with Gasteiger partial charge >= 0.3 is 0 Å². The summed E-state index contributed by atoms with van der Waals surface area (Å²) < 4.78 is 0. The highest BCUT2D eigenvalue weighted by molar-refractivity contribution is 5.76. The monoisotopic (exact) mass is 227 g/mol. The van der Waals surface area contributed by atoms with Crippen LogP contribution in [0.3, 0.4) is 0 Å². The zero-order valence-electron chi connectivity index (χ0n) is 9.56. The van der Waals surface area contributed by atoms with E-state index >= 15 is 0 Å². The molecule has 0 aromatic rings. The van der Waals surface area contributed by atoms with E-state index in [1.165, 1.54) is 0 Å². The highest BCUT2D eigenvalue weighted by Crippen LogP contribution is 2.21. The Balaban J connectivity index is 1.87. The van der Waals surface area contributed by atoms with E-state index in [-0.39, 0.29) is 24.1 Å². The lowest BCUT2D eigenvalue weighted by Gasteiger charge is -2.40. The highest BCUT2D eigenvalue weighted by Gasteiger charge is 2.30. The second-order valence-electron chi connectivity index (χ2n) is 4.86. The fraction of sp³-hybridized carbons (Fsp3) is 0.909. The number of rotatable bonds is 2. The molecule has 0 spiro atoms. The predicted octanol–water partition coefficient (Wildman–Crippen LogP) is -0.746. The average Bonchev–Trinajstić information content (AvgIpc) is 2.30. The first-order valence-corrected chi connectivity index (χ1v) is 6.11. The maximum absolute atomic E-state index is 11.2. The molecule has 0 aromatic heterocycles. The van der Waals surface area contributed by atoms with Gasteiger partial charge in [-0.15, -0.1) is 0 Å². The Morgan fingerprint density at radius 3 is 2.62 bits per heavy atom. The van der Waals surface area contributed by atoms with Crippen molar-refractivity contribution in [1.82, 2.24) is 10.2 Å². The molecule has 5 heteroatoms. The van der Waals surface area contributed by atoms with Crippen LogP contribution in [0.1, 0.15) is 25.7 Å². The minimum Gasteiger partial charge on any atom is -0.393 e. The number of likely N-dealkylation sites (tertiary alicyclic amines) is 1. The van der Waals surface area contributed by atoms with Crippen molar-refractivity contribution in [2.75, 3.05) is 19.6 Å². The number of piperidine rings is 2. The van der Waals surface area contributed by atoms with E-state index < -0.39 is 0 Å². The molecule has 92 valence electrons. The normalized spacial score (nSPS) is 33.8. The van der Waals surface area contributed by atoms with Crippen LogP contribution >= 0.6 is 0 Å². The van der Waals surface area contributed by atoms with Crippen molar-refractivity contribution in [2.45, 2.75) is 38.0 Å². The largest absolute Gasteiger partial charge is 0.393 e. The predicted molar refractivity (Wildman–Crippen MR) is 60.5 cm³/mol. The molecule has 2 rings (SSSR count). The Bertz CT molecular complexity index is 252. The summed E-state index contributed by atoms with van der Waals surface area (Å²) in [7, 11) is 0. The van der Waals surface area contributed by atoms with Crippen molar-refractivity contribution in [1.29, 1.82) is 0 Å². The molecule has 16 heavy (non-hydrogen) atoms. The molecule has 2 aliphatic rings.